The standard InChI is InChI=1S/C13H16ClN3/c1-9-4-3-5-10(8-9)12-13(14)17(2)11(16-12)6-7-15/h3-5,8H,6-7,15H2,1-2H3. The lowest BCUT2D eigenvalue weighted by molar-refractivity contribution is 0.778. The van der Waals surface area contributed by atoms with Gasteiger partial charge in [-0.25, -0.2) is 4.98 Å². The molecule has 90 valence electrons. The molecule has 4 heteroatoms. The Morgan fingerprint density at radius 1 is 1.41 bits per heavy atom. The summed E-state index contributed by atoms with van der Waals surface area (Å²) in [6.07, 6.45) is 0.738. The van der Waals surface area contributed by atoms with Crippen LogP contribution in [0.25, 0.3) is 11.3 Å². The van der Waals surface area contributed by atoms with Crippen LogP contribution in [-0.4, -0.2) is 16.1 Å². The predicted octanol–water partition coefficient (Wildman–Crippen LogP) is 2.55. The van der Waals surface area contributed by atoms with E-state index in [-0.39, 0.29) is 0 Å². The van der Waals surface area contributed by atoms with Gasteiger partial charge in [-0.05, 0) is 19.5 Å². The molecule has 0 amide bonds. The Morgan fingerprint density at radius 2 is 2.18 bits per heavy atom. The van der Waals surface area contributed by atoms with Crippen LogP contribution in [-0.2, 0) is 13.5 Å². The number of imidazole rings is 1. The molecule has 2 aromatic rings. The number of rotatable bonds is 3. The van der Waals surface area contributed by atoms with Gasteiger partial charge in [0.1, 0.15) is 16.7 Å². The molecule has 0 saturated heterocycles. The van der Waals surface area contributed by atoms with Gasteiger partial charge in [0, 0.05) is 19.0 Å². The van der Waals surface area contributed by atoms with Gasteiger partial charge in [0.2, 0.25) is 0 Å². The van der Waals surface area contributed by atoms with Crippen molar-refractivity contribution in [2.24, 2.45) is 12.8 Å². The Balaban J connectivity index is 2.49. The molecule has 0 fully saturated rings. The van der Waals surface area contributed by atoms with Gasteiger partial charge in [-0.2, -0.15) is 0 Å². The fraction of sp³-hybridized carbons (Fsp3) is 0.308. The van der Waals surface area contributed by atoms with Gasteiger partial charge in [0.25, 0.3) is 0 Å². The van der Waals surface area contributed by atoms with Crippen LogP contribution in [0.15, 0.2) is 24.3 Å². The SMILES string of the molecule is Cc1cccc(-c2nc(CCN)n(C)c2Cl)c1. The lowest BCUT2D eigenvalue weighted by atomic mass is 10.1. The molecule has 3 nitrogen and oxygen atoms in total. The first-order chi connectivity index (χ1) is 8.13. The average molecular weight is 250 g/mol. The molecule has 0 aliphatic rings. The zero-order valence-electron chi connectivity index (χ0n) is 10.1. The highest BCUT2D eigenvalue weighted by Crippen LogP contribution is 2.28. The van der Waals surface area contributed by atoms with Crippen LogP contribution in [0.2, 0.25) is 5.15 Å². The minimum atomic E-state index is 0.578. The summed E-state index contributed by atoms with van der Waals surface area (Å²) in [4.78, 5) is 4.56. The minimum Gasteiger partial charge on any atom is -0.330 e. The highest BCUT2D eigenvalue weighted by molar-refractivity contribution is 6.32. The van der Waals surface area contributed by atoms with Crippen molar-refractivity contribution in [3.8, 4) is 11.3 Å². The molecule has 0 saturated carbocycles. The number of nitrogens with two attached hydrogens (primary N) is 1. The maximum Gasteiger partial charge on any atom is 0.136 e. The van der Waals surface area contributed by atoms with Gasteiger partial charge < -0.3 is 10.3 Å². The summed E-state index contributed by atoms with van der Waals surface area (Å²) >= 11 is 6.30. The normalized spacial score (nSPS) is 10.8. The molecule has 0 aliphatic heterocycles. The first-order valence-electron chi connectivity index (χ1n) is 5.61. The number of benzene rings is 1. The van der Waals surface area contributed by atoms with Crippen LogP contribution >= 0.6 is 11.6 Å². The van der Waals surface area contributed by atoms with Crippen molar-refractivity contribution in [1.82, 2.24) is 9.55 Å². The number of hydrogen-bond donors (Lipinski definition) is 1. The molecule has 0 atom stereocenters. The fourth-order valence-electron chi connectivity index (χ4n) is 1.85. The summed E-state index contributed by atoms with van der Waals surface area (Å²) in [5, 5.41) is 0.666. The molecular formula is C13H16ClN3. The van der Waals surface area contributed by atoms with Crippen LogP contribution in [0.4, 0.5) is 0 Å². The second kappa shape index (κ2) is 4.90. The number of aromatic nitrogens is 2. The Kier molecular flexibility index (Phi) is 3.50. The van der Waals surface area contributed by atoms with Crippen LogP contribution in [0, 0.1) is 6.92 Å². The maximum atomic E-state index is 6.30. The van der Waals surface area contributed by atoms with E-state index >= 15 is 0 Å². The maximum absolute atomic E-state index is 6.30. The molecule has 2 rings (SSSR count). The van der Waals surface area contributed by atoms with Crippen LogP contribution in [0.3, 0.4) is 0 Å². The van der Waals surface area contributed by atoms with Crippen molar-refractivity contribution in [2.45, 2.75) is 13.3 Å². The van der Waals surface area contributed by atoms with Crippen molar-refractivity contribution < 1.29 is 0 Å². The van der Waals surface area contributed by atoms with Crippen LogP contribution in [0.1, 0.15) is 11.4 Å². The number of halogens is 1. The molecule has 17 heavy (non-hydrogen) atoms. The molecule has 0 radical (unpaired) electrons. The van der Waals surface area contributed by atoms with Gasteiger partial charge in [-0.3, -0.25) is 0 Å². The van der Waals surface area contributed by atoms with E-state index < -0.39 is 0 Å². The van der Waals surface area contributed by atoms with E-state index in [1.807, 2.05) is 23.7 Å². The third-order valence-electron chi connectivity index (χ3n) is 2.78. The smallest absolute Gasteiger partial charge is 0.136 e. The van der Waals surface area contributed by atoms with E-state index in [2.05, 4.69) is 24.0 Å². The topological polar surface area (TPSA) is 43.8 Å². The first kappa shape index (κ1) is 12.1. The quantitative estimate of drug-likeness (QED) is 0.909. The minimum absolute atomic E-state index is 0.578. The van der Waals surface area contributed by atoms with Crippen LogP contribution in [0.5, 0.6) is 0 Å². The number of hydrogen-bond acceptors (Lipinski definition) is 2. The molecule has 0 spiro atoms. The highest BCUT2D eigenvalue weighted by Gasteiger charge is 2.13. The Hall–Kier alpha value is -1.32. The van der Waals surface area contributed by atoms with E-state index in [1.165, 1.54) is 5.56 Å². The van der Waals surface area contributed by atoms with E-state index in [9.17, 15) is 0 Å². The van der Waals surface area contributed by atoms with Gasteiger partial charge in [-0.15, -0.1) is 0 Å². The fourth-order valence-corrected chi connectivity index (χ4v) is 2.10. The van der Waals surface area contributed by atoms with E-state index in [0.717, 1.165) is 23.5 Å². The van der Waals surface area contributed by atoms with E-state index in [1.54, 1.807) is 0 Å². The second-order valence-electron chi connectivity index (χ2n) is 4.13. The Labute approximate surface area is 106 Å². The van der Waals surface area contributed by atoms with E-state index in [0.29, 0.717) is 11.7 Å². The highest BCUT2D eigenvalue weighted by atomic mass is 35.5. The third-order valence-corrected chi connectivity index (χ3v) is 3.21. The van der Waals surface area contributed by atoms with Crippen molar-refractivity contribution in [2.75, 3.05) is 6.54 Å². The Bertz CT molecular complexity index is 531. The predicted molar refractivity (Wildman–Crippen MR) is 71.1 cm³/mol. The van der Waals surface area contributed by atoms with Crippen molar-refractivity contribution in [3.63, 3.8) is 0 Å². The zero-order chi connectivity index (χ0) is 12.4. The molecular weight excluding hydrogens is 234 g/mol. The lowest BCUT2D eigenvalue weighted by Gasteiger charge is -2.00. The lowest BCUT2D eigenvalue weighted by Crippen LogP contribution is -2.07. The third kappa shape index (κ3) is 2.35. The summed E-state index contributed by atoms with van der Waals surface area (Å²) in [5.74, 6) is 0.925. The summed E-state index contributed by atoms with van der Waals surface area (Å²) in [6, 6.07) is 8.17. The Morgan fingerprint density at radius 3 is 2.82 bits per heavy atom. The molecule has 1 aromatic heterocycles. The van der Waals surface area contributed by atoms with Crippen molar-refractivity contribution in [3.05, 3.63) is 40.8 Å². The van der Waals surface area contributed by atoms with Gasteiger partial charge in [-0.1, -0.05) is 35.4 Å². The van der Waals surface area contributed by atoms with Gasteiger partial charge in [0.05, 0.1) is 0 Å². The summed E-state index contributed by atoms with van der Waals surface area (Å²) in [6.45, 7) is 2.63. The van der Waals surface area contributed by atoms with Crippen molar-refractivity contribution in [1.29, 1.82) is 0 Å². The number of nitrogens with zero attached hydrogens (tertiary/aromatic N) is 2. The molecule has 1 aromatic carbocycles. The average Bonchev–Trinajstić information content (AvgIpc) is 2.58. The number of aryl methyl sites for hydroxylation is 1. The summed E-state index contributed by atoms with van der Waals surface area (Å²) in [7, 11) is 1.92. The van der Waals surface area contributed by atoms with Gasteiger partial charge >= 0.3 is 0 Å². The summed E-state index contributed by atoms with van der Waals surface area (Å²) < 4.78 is 1.89. The van der Waals surface area contributed by atoms with Gasteiger partial charge in [0.15, 0.2) is 0 Å². The van der Waals surface area contributed by atoms with E-state index in [4.69, 9.17) is 17.3 Å². The first-order valence-corrected chi connectivity index (χ1v) is 5.99. The molecule has 0 bridgehead atoms. The molecule has 2 N–H and O–H groups in total. The summed E-state index contributed by atoms with van der Waals surface area (Å²) in [5.41, 5.74) is 8.64. The zero-order valence-corrected chi connectivity index (χ0v) is 10.8. The molecule has 0 aliphatic carbocycles. The largest absolute Gasteiger partial charge is 0.330 e. The van der Waals surface area contributed by atoms with Crippen molar-refractivity contribution >= 4 is 11.6 Å². The van der Waals surface area contributed by atoms with Crippen LogP contribution < -0.4 is 5.73 Å². The molecule has 0 unspecified atom stereocenters. The monoisotopic (exact) mass is 249 g/mol. The molecule has 1 heterocycles. The second-order valence-corrected chi connectivity index (χ2v) is 4.49.